The third-order valence-electron chi connectivity index (χ3n) is 1.92. The van der Waals surface area contributed by atoms with Crippen LogP contribution < -0.4 is 0 Å². The molecule has 0 aliphatic carbocycles. The lowest BCUT2D eigenvalue weighted by molar-refractivity contribution is 0.951. The summed E-state index contributed by atoms with van der Waals surface area (Å²) < 4.78 is 5.08. The Morgan fingerprint density at radius 2 is 2.07 bits per heavy atom. The second kappa shape index (κ2) is 4.66. The molecule has 0 unspecified atom stereocenters. The highest BCUT2D eigenvalue weighted by Crippen LogP contribution is 2.20. The molecule has 0 amide bonds. The Morgan fingerprint density at radius 3 is 2.60 bits per heavy atom. The minimum atomic E-state index is 0.899. The van der Waals surface area contributed by atoms with E-state index in [0.717, 1.165) is 23.4 Å². The van der Waals surface area contributed by atoms with Gasteiger partial charge in [-0.1, -0.05) is 0 Å². The molecule has 0 saturated heterocycles. The summed E-state index contributed by atoms with van der Waals surface area (Å²) in [7, 11) is 0. The molecule has 2 rings (SSSR count). The van der Waals surface area contributed by atoms with Gasteiger partial charge in [-0.3, -0.25) is 4.57 Å². The number of pyridine rings is 1. The summed E-state index contributed by atoms with van der Waals surface area (Å²) in [5.41, 5.74) is 0.979. The topological polar surface area (TPSA) is 30.7 Å². The Morgan fingerprint density at radius 1 is 1.33 bits per heavy atom. The minimum Gasteiger partial charge on any atom is -0.277 e. The van der Waals surface area contributed by atoms with Crippen molar-refractivity contribution in [1.82, 2.24) is 14.5 Å². The van der Waals surface area contributed by atoms with Crippen LogP contribution in [0.15, 0.2) is 22.9 Å². The van der Waals surface area contributed by atoms with Gasteiger partial charge in [-0.25, -0.2) is 9.97 Å². The fourth-order valence-electron chi connectivity index (χ4n) is 1.14. The highest BCUT2D eigenvalue weighted by atomic mass is 127. The smallest absolute Gasteiger partial charge is 0.139 e. The molecule has 2 aromatic heterocycles. The number of hydrogen-bond donors (Lipinski definition) is 0. The second-order valence-corrected chi connectivity index (χ2v) is 5.83. The molecule has 0 aliphatic rings. The largest absolute Gasteiger partial charge is 0.277 e. The zero-order valence-electron chi connectivity index (χ0n) is 7.71. The molecule has 0 spiro atoms. The lowest BCUT2D eigenvalue weighted by Gasteiger charge is -2.05. The van der Waals surface area contributed by atoms with Crippen LogP contribution in [-0.2, 0) is 0 Å². The van der Waals surface area contributed by atoms with E-state index in [-0.39, 0.29) is 0 Å². The summed E-state index contributed by atoms with van der Waals surface area (Å²) in [5.74, 6) is 0.899. The van der Waals surface area contributed by atoms with E-state index in [0.29, 0.717) is 0 Å². The predicted molar refractivity (Wildman–Crippen MR) is 79.2 cm³/mol. The van der Waals surface area contributed by atoms with Gasteiger partial charge in [0.15, 0.2) is 0 Å². The third-order valence-corrected chi connectivity index (χ3v) is 5.61. The Balaban J connectivity index is 2.55. The predicted octanol–water partition coefficient (Wildman–Crippen LogP) is 3.55. The maximum Gasteiger partial charge on any atom is 0.139 e. The zero-order chi connectivity index (χ0) is 11.0. The molecule has 0 saturated carbocycles. The average Bonchev–Trinajstić information content (AvgIpc) is 2.53. The lowest BCUT2D eigenvalue weighted by atomic mass is 10.4. The maximum atomic E-state index is 4.49. The van der Waals surface area contributed by atoms with Gasteiger partial charge in [0.1, 0.15) is 19.5 Å². The molecule has 0 N–H and O–H groups in total. The van der Waals surface area contributed by atoms with E-state index in [1.165, 1.54) is 0 Å². The maximum absolute atomic E-state index is 4.49. The van der Waals surface area contributed by atoms with Gasteiger partial charge in [-0.05, 0) is 80.2 Å². The molecule has 6 heteroatoms. The monoisotopic (exact) mass is 489 g/mol. The van der Waals surface area contributed by atoms with Crippen molar-refractivity contribution in [3.05, 3.63) is 36.0 Å². The van der Waals surface area contributed by atoms with Gasteiger partial charge in [0.2, 0.25) is 0 Å². The Kier molecular flexibility index (Phi) is 3.66. The Labute approximate surface area is 123 Å². The van der Waals surface area contributed by atoms with E-state index in [2.05, 4.69) is 71.1 Å². The second-order valence-electron chi connectivity index (χ2n) is 2.93. The van der Waals surface area contributed by atoms with Crippen molar-refractivity contribution in [3.63, 3.8) is 0 Å². The molecule has 0 bridgehead atoms. The standard InChI is InChI=1S/C9H6BrI2N3/c1-5-6(10)2-3-7(14-5)15-4-13-8(11)9(15)12/h2-4H,1H3. The van der Waals surface area contributed by atoms with Crippen molar-refractivity contribution in [3.8, 4) is 5.82 Å². The normalized spacial score (nSPS) is 10.7. The van der Waals surface area contributed by atoms with Crippen LogP contribution in [0.4, 0.5) is 0 Å². The van der Waals surface area contributed by atoms with Crippen LogP contribution in [0.1, 0.15) is 5.69 Å². The van der Waals surface area contributed by atoms with Crippen molar-refractivity contribution >= 4 is 61.1 Å². The van der Waals surface area contributed by atoms with Crippen molar-refractivity contribution in [2.75, 3.05) is 0 Å². The van der Waals surface area contributed by atoms with Crippen LogP contribution in [0.25, 0.3) is 5.82 Å². The SMILES string of the molecule is Cc1nc(-n2cnc(I)c2I)ccc1Br. The Bertz CT molecular complexity index is 510. The molecule has 2 aromatic rings. The highest BCUT2D eigenvalue weighted by molar-refractivity contribution is 14.1. The van der Waals surface area contributed by atoms with Gasteiger partial charge < -0.3 is 0 Å². The summed E-state index contributed by atoms with van der Waals surface area (Å²) in [6.45, 7) is 1.97. The van der Waals surface area contributed by atoms with Crippen LogP contribution >= 0.6 is 61.1 Å². The molecule has 0 aromatic carbocycles. The van der Waals surface area contributed by atoms with Gasteiger partial charge in [-0.15, -0.1) is 0 Å². The summed E-state index contributed by atoms with van der Waals surface area (Å²) in [6, 6.07) is 3.97. The number of hydrogen-bond acceptors (Lipinski definition) is 2. The van der Waals surface area contributed by atoms with E-state index in [4.69, 9.17) is 0 Å². The number of imidazole rings is 1. The molecule has 0 radical (unpaired) electrons. The quantitative estimate of drug-likeness (QED) is 0.574. The fraction of sp³-hybridized carbons (Fsp3) is 0.111. The molecule has 0 aliphatic heterocycles. The first-order chi connectivity index (χ1) is 7.09. The summed E-state index contributed by atoms with van der Waals surface area (Å²) >= 11 is 7.91. The minimum absolute atomic E-state index is 0.899. The van der Waals surface area contributed by atoms with Crippen molar-refractivity contribution in [1.29, 1.82) is 0 Å². The van der Waals surface area contributed by atoms with Gasteiger partial charge in [0.05, 0.1) is 5.69 Å². The molecule has 78 valence electrons. The third kappa shape index (κ3) is 2.36. The van der Waals surface area contributed by atoms with Crippen LogP contribution in [0.3, 0.4) is 0 Å². The molecule has 0 fully saturated rings. The van der Waals surface area contributed by atoms with Crippen LogP contribution in [-0.4, -0.2) is 14.5 Å². The molecule has 0 atom stereocenters. The summed E-state index contributed by atoms with van der Waals surface area (Å²) in [5, 5.41) is 0. The van der Waals surface area contributed by atoms with E-state index in [1.807, 2.05) is 23.6 Å². The molecular weight excluding hydrogens is 484 g/mol. The first-order valence-corrected chi connectivity index (χ1v) is 7.06. The van der Waals surface area contributed by atoms with Gasteiger partial charge in [-0.2, -0.15) is 0 Å². The van der Waals surface area contributed by atoms with E-state index in [9.17, 15) is 0 Å². The van der Waals surface area contributed by atoms with Crippen LogP contribution in [0.5, 0.6) is 0 Å². The molecule has 2 heterocycles. The van der Waals surface area contributed by atoms with E-state index in [1.54, 1.807) is 6.33 Å². The van der Waals surface area contributed by atoms with Gasteiger partial charge >= 0.3 is 0 Å². The number of aromatic nitrogens is 3. The lowest BCUT2D eigenvalue weighted by Crippen LogP contribution is -1.99. The average molecular weight is 490 g/mol. The zero-order valence-corrected chi connectivity index (χ0v) is 13.6. The molecule has 3 nitrogen and oxygen atoms in total. The van der Waals surface area contributed by atoms with E-state index < -0.39 is 0 Å². The highest BCUT2D eigenvalue weighted by Gasteiger charge is 2.08. The van der Waals surface area contributed by atoms with Gasteiger partial charge in [0.25, 0.3) is 0 Å². The van der Waals surface area contributed by atoms with E-state index >= 15 is 0 Å². The number of aryl methyl sites for hydroxylation is 1. The first kappa shape index (κ1) is 11.8. The van der Waals surface area contributed by atoms with Crippen molar-refractivity contribution in [2.45, 2.75) is 6.92 Å². The number of halogens is 3. The van der Waals surface area contributed by atoms with Crippen molar-refractivity contribution < 1.29 is 0 Å². The van der Waals surface area contributed by atoms with Crippen molar-refractivity contribution in [2.24, 2.45) is 0 Å². The van der Waals surface area contributed by atoms with Gasteiger partial charge in [0, 0.05) is 4.47 Å². The molecular formula is C9H6BrI2N3. The number of rotatable bonds is 1. The molecule has 15 heavy (non-hydrogen) atoms. The Hall–Kier alpha value is 0.300. The van der Waals surface area contributed by atoms with Crippen LogP contribution in [0, 0.1) is 14.3 Å². The van der Waals surface area contributed by atoms with Crippen LogP contribution in [0.2, 0.25) is 0 Å². The summed E-state index contributed by atoms with van der Waals surface area (Å²) in [4.78, 5) is 8.72. The first-order valence-electron chi connectivity index (χ1n) is 4.11. The number of nitrogens with zero attached hydrogens (tertiary/aromatic N) is 3. The summed E-state index contributed by atoms with van der Waals surface area (Å²) in [6.07, 6.45) is 1.79. The fourth-order valence-corrected chi connectivity index (χ4v) is 2.25.